The van der Waals surface area contributed by atoms with Crippen molar-refractivity contribution in [3.63, 3.8) is 0 Å². The highest BCUT2D eigenvalue weighted by molar-refractivity contribution is 7.10. The molecule has 5 heteroatoms. The summed E-state index contributed by atoms with van der Waals surface area (Å²) in [5, 5.41) is 14.4. The maximum atomic E-state index is 12.3. The zero-order valence-electron chi connectivity index (χ0n) is 12.4. The fourth-order valence-corrected chi connectivity index (χ4v) is 4.30. The average Bonchev–Trinajstić information content (AvgIpc) is 3.01. The summed E-state index contributed by atoms with van der Waals surface area (Å²) in [7, 11) is 0. The zero-order valence-corrected chi connectivity index (χ0v) is 13.2. The molecule has 1 aromatic heterocycles. The van der Waals surface area contributed by atoms with Gasteiger partial charge < -0.3 is 10.2 Å². The minimum atomic E-state index is -0.672. The number of nitrogens with one attached hydrogen (secondary N) is 2. The third-order valence-corrected chi connectivity index (χ3v) is 5.77. The summed E-state index contributed by atoms with van der Waals surface area (Å²) in [6.07, 6.45) is 4.43. The van der Waals surface area contributed by atoms with Crippen LogP contribution in [-0.4, -0.2) is 24.5 Å². The molecule has 0 aromatic carbocycles. The van der Waals surface area contributed by atoms with E-state index in [0.29, 0.717) is 18.5 Å². The van der Waals surface area contributed by atoms with E-state index in [2.05, 4.69) is 28.9 Å². The van der Waals surface area contributed by atoms with E-state index in [4.69, 9.17) is 0 Å². The lowest BCUT2D eigenvalue weighted by molar-refractivity contribution is -0.910. The van der Waals surface area contributed by atoms with Crippen LogP contribution < -0.4 is 10.2 Å². The minimum absolute atomic E-state index is 0.0180. The van der Waals surface area contributed by atoms with Crippen LogP contribution >= 0.6 is 11.3 Å². The number of nitriles is 1. The van der Waals surface area contributed by atoms with Crippen LogP contribution in [0.2, 0.25) is 0 Å². The van der Waals surface area contributed by atoms with Crippen LogP contribution in [0.5, 0.6) is 0 Å². The summed E-state index contributed by atoms with van der Waals surface area (Å²) < 4.78 is 0. The standard InChI is InChI=1S/C16H21N3OS/c1-16(11-17,12-6-7-12)18-15(20)10-19-8-2-4-13(19)14-5-3-9-21-14/h3,5,9,12-13H,2,4,6-8,10H2,1H3,(H,18,20)/p+1/t13-,16+/m1/s1. The van der Waals surface area contributed by atoms with E-state index in [1.54, 1.807) is 11.3 Å². The van der Waals surface area contributed by atoms with Gasteiger partial charge in [-0.25, -0.2) is 0 Å². The molecule has 112 valence electrons. The first-order valence-electron chi connectivity index (χ1n) is 7.72. The Balaban J connectivity index is 1.60. The van der Waals surface area contributed by atoms with Gasteiger partial charge in [-0.1, -0.05) is 6.07 Å². The topological polar surface area (TPSA) is 57.3 Å². The molecule has 2 aliphatic rings. The molecule has 1 aliphatic carbocycles. The number of quaternary nitrogens is 1. The number of likely N-dealkylation sites (tertiary alicyclic amines) is 1. The van der Waals surface area contributed by atoms with Crippen LogP contribution in [0.15, 0.2) is 17.5 Å². The molecule has 2 N–H and O–H groups in total. The molecular weight excluding hydrogens is 282 g/mol. The largest absolute Gasteiger partial charge is 0.333 e. The van der Waals surface area contributed by atoms with Crippen LogP contribution in [0, 0.1) is 17.2 Å². The van der Waals surface area contributed by atoms with Gasteiger partial charge in [0.05, 0.1) is 17.5 Å². The summed E-state index contributed by atoms with van der Waals surface area (Å²) in [5.74, 6) is 0.359. The number of hydrogen-bond donors (Lipinski definition) is 2. The number of carbonyl (C=O) groups excluding carboxylic acids is 1. The molecule has 4 nitrogen and oxygen atoms in total. The van der Waals surface area contributed by atoms with Gasteiger partial charge >= 0.3 is 0 Å². The highest BCUT2D eigenvalue weighted by atomic mass is 32.1. The predicted molar refractivity (Wildman–Crippen MR) is 81.9 cm³/mol. The third-order valence-electron chi connectivity index (χ3n) is 4.78. The van der Waals surface area contributed by atoms with E-state index in [9.17, 15) is 10.1 Å². The molecule has 2 fully saturated rings. The van der Waals surface area contributed by atoms with Crippen molar-refractivity contribution in [2.24, 2.45) is 5.92 Å². The summed E-state index contributed by atoms with van der Waals surface area (Å²) in [6, 6.07) is 6.99. The number of nitrogens with zero attached hydrogens (tertiary/aromatic N) is 1. The van der Waals surface area contributed by atoms with Crippen molar-refractivity contribution >= 4 is 17.2 Å². The number of hydrogen-bond acceptors (Lipinski definition) is 3. The molecule has 1 saturated heterocycles. The van der Waals surface area contributed by atoms with Crippen molar-refractivity contribution in [2.45, 2.75) is 44.2 Å². The van der Waals surface area contributed by atoms with Crippen LogP contribution in [0.4, 0.5) is 0 Å². The van der Waals surface area contributed by atoms with Gasteiger partial charge in [0.1, 0.15) is 11.6 Å². The number of carbonyl (C=O) groups is 1. The van der Waals surface area contributed by atoms with Gasteiger partial charge in [-0.15, -0.1) is 11.3 Å². The van der Waals surface area contributed by atoms with Gasteiger partial charge in [0.25, 0.3) is 5.91 Å². The van der Waals surface area contributed by atoms with Crippen molar-refractivity contribution in [1.29, 1.82) is 5.26 Å². The summed E-state index contributed by atoms with van der Waals surface area (Å²) in [4.78, 5) is 15.1. The van der Waals surface area contributed by atoms with Gasteiger partial charge in [-0.3, -0.25) is 4.79 Å². The summed E-state index contributed by atoms with van der Waals surface area (Å²) in [5.41, 5.74) is -0.672. The second-order valence-corrected chi connectivity index (χ2v) is 7.41. The van der Waals surface area contributed by atoms with Crippen LogP contribution in [-0.2, 0) is 4.79 Å². The van der Waals surface area contributed by atoms with E-state index < -0.39 is 5.54 Å². The lowest BCUT2D eigenvalue weighted by atomic mass is 9.98. The van der Waals surface area contributed by atoms with Crippen molar-refractivity contribution in [3.8, 4) is 6.07 Å². The molecule has 2 heterocycles. The predicted octanol–water partition coefficient (Wildman–Crippen LogP) is 1.28. The van der Waals surface area contributed by atoms with Crippen LogP contribution in [0.25, 0.3) is 0 Å². The normalized spacial score (nSPS) is 27.8. The third kappa shape index (κ3) is 3.12. The fourth-order valence-electron chi connectivity index (χ4n) is 3.38. The van der Waals surface area contributed by atoms with Gasteiger partial charge in [-0.05, 0) is 37.1 Å². The molecule has 0 radical (unpaired) electrons. The smallest absolute Gasteiger partial charge is 0.276 e. The fraction of sp³-hybridized carbons (Fsp3) is 0.625. The average molecular weight is 304 g/mol. The second kappa shape index (κ2) is 5.78. The molecule has 21 heavy (non-hydrogen) atoms. The SMILES string of the molecule is C[C@@](C#N)(NC(=O)C[NH+]1CCC[C@@H]1c1cccs1)C1CC1. The minimum Gasteiger partial charge on any atom is -0.333 e. The van der Waals surface area contributed by atoms with Crippen molar-refractivity contribution < 1.29 is 9.69 Å². The first kappa shape index (κ1) is 14.6. The summed E-state index contributed by atoms with van der Waals surface area (Å²) >= 11 is 1.78. The summed E-state index contributed by atoms with van der Waals surface area (Å²) in [6.45, 7) is 3.38. The van der Waals surface area contributed by atoms with Gasteiger partial charge in [0.2, 0.25) is 0 Å². The van der Waals surface area contributed by atoms with E-state index in [1.165, 1.54) is 16.2 Å². The Bertz CT molecular complexity index is 546. The van der Waals surface area contributed by atoms with Crippen molar-refractivity contribution in [2.75, 3.05) is 13.1 Å². The molecule has 3 atom stereocenters. The molecule has 1 saturated carbocycles. The lowest BCUT2D eigenvalue weighted by Gasteiger charge is -2.25. The van der Waals surface area contributed by atoms with Crippen LogP contribution in [0.3, 0.4) is 0 Å². The Labute approximate surface area is 129 Å². The molecule has 1 amide bonds. The van der Waals surface area contributed by atoms with Crippen molar-refractivity contribution in [3.05, 3.63) is 22.4 Å². The molecule has 1 aromatic rings. The number of amides is 1. The second-order valence-electron chi connectivity index (χ2n) is 6.43. The maximum absolute atomic E-state index is 12.3. The van der Waals surface area contributed by atoms with Crippen LogP contribution in [0.1, 0.15) is 43.5 Å². The van der Waals surface area contributed by atoms with Gasteiger partial charge in [-0.2, -0.15) is 5.26 Å². The lowest BCUT2D eigenvalue weighted by Crippen LogP contribution is -3.11. The first-order chi connectivity index (χ1) is 10.1. The quantitative estimate of drug-likeness (QED) is 0.861. The molecule has 0 bridgehead atoms. The Morgan fingerprint density at radius 3 is 3.00 bits per heavy atom. The van der Waals surface area contributed by atoms with E-state index in [1.807, 2.05) is 6.92 Å². The Hall–Kier alpha value is -1.38. The van der Waals surface area contributed by atoms with Gasteiger partial charge in [0, 0.05) is 12.8 Å². The van der Waals surface area contributed by atoms with E-state index in [0.717, 1.165) is 25.8 Å². The molecule has 1 aliphatic heterocycles. The van der Waals surface area contributed by atoms with E-state index in [-0.39, 0.29) is 5.91 Å². The molecule has 0 spiro atoms. The van der Waals surface area contributed by atoms with Crippen molar-refractivity contribution in [1.82, 2.24) is 5.32 Å². The molecule has 3 rings (SSSR count). The molecule has 1 unspecified atom stereocenters. The molecular formula is C16H22N3OS+. The highest BCUT2D eigenvalue weighted by Crippen LogP contribution is 2.39. The monoisotopic (exact) mass is 304 g/mol. The first-order valence-corrected chi connectivity index (χ1v) is 8.60. The number of rotatable bonds is 5. The number of thiophene rings is 1. The maximum Gasteiger partial charge on any atom is 0.276 e. The highest BCUT2D eigenvalue weighted by Gasteiger charge is 2.44. The Kier molecular flexibility index (Phi) is 4.01. The zero-order chi connectivity index (χ0) is 14.9. The van der Waals surface area contributed by atoms with Gasteiger partial charge in [0.15, 0.2) is 6.54 Å². The Morgan fingerprint density at radius 1 is 1.57 bits per heavy atom. The Morgan fingerprint density at radius 2 is 2.38 bits per heavy atom. The van der Waals surface area contributed by atoms with E-state index >= 15 is 0 Å².